The fourth-order valence-electron chi connectivity index (χ4n) is 5.18. The van der Waals surface area contributed by atoms with E-state index in [0.717, 1.165) is 69.1 Å². The van der Waals surface area contributed by atoms with Gasteiger partial charge in [-0.2, -0.15) is 13.2 Å². The minimum Gasteiger partial charge on any atom is -0.383 e. The van der Waals surface area contributed by atoms with Crippen molar-refractivity contribution in [2.45, 2.75) is 31.5 Å². The lowest BCUT2D eigenvalue weighted by molar-refractivity contribution is -0.140. The first-order valence-corrected chi connectivity index (χ1v) is 11.1. The van der Waals surface area contributed by atoms with E-state index < -0.39 is 23.5 Å². The lowest BCUT2D eigenvalue weighted by atomic mass is 9.87. The van der Waals surface area contributed by atoms with Crippen molar-refractivity contribution in [3.63, 3.8) is 0 Å². The minimum atomic E-state index is -4.42. The number of aryl methyl sites for hydroxylation is 1. The number of nitrogens with two attached hydrogens (primary N) is 1. The summed E-state index contributed by atoms with van der Waals surface area (Å²) in [7, 11) is 0. The van der Waals surface area contributed by atoms with Crippen LogP contribution in [0.2, 0.25) is 0 Å². The van der Waals surface area contributed by atoms with Gasteiger partial charge in [0.2, 0.25) is 0 Å². The van der Waals surface area contributed by atoms with E-state index in [2.05, 4.69) is 19.9 Å². The maximum atomic E-state index is 13.4. The fraction of sp³-hybridized carbons (Fsp3) is 0.478. The first kappa shape index (κ1) is 23.0. The van der Waals surface area contributed by atoms with Crippen LogP contribution in [0.5, 0.6) is 0 Å². The van der Waals surface area contributed by atoms with Crippen molar-refractivity contribution in [1.29, 1.82) is 0 Å². The van der Waals surface area contributed by atoms with Gasteiger partial charge < -0.3 is 15.5 Å². The zero-order valence-corrected chi connectivity index (χ0v) is 18.2. The van der Waals surface area contributed by atoms with E-state index in [1.165, 1.54) is 12.1 Å². The van der Waals surface area contributed by atoms with E-state index in [1.54, 1.807) is 0 Å². The number of likely N-dealkylation sites (tertiary alicyclic amines) is 1. The van der Waals surface area contributed by atoms with Crippen LogP contribution in [0.4, 0.5) is 27.8 Å². The number of halogens is 5. The van der Waals surface area contributed by atoms with E-state index in [1.807, 2.05) is 0 Å². The lowest BCUT2D eigenvalue weighted by Gasteiger charge is -2.33. The van der Waals surface area contributed by atoms with Crippen molar-refractivity contribution in [1.82, 2.24) is 19.9 Å². The van der Waals surface area contributed by atoms with E-state index in [4.69, 9.17) is 10.5 Å². The number of hydrogen-bond donors (Lipinski definition) is 2. The molecule has 0 radical (unpaired) electrons. The van der Waals surface area contributed by atoms with Crippen LogP contribution in [-0.4, -0.2) is 52.2 Å². The Morgan fingerprint density at radius 3 is 2.32 bits per heavy atom. The molecule has 6 nitrogen and oxygen atoms in total. The van der Waals surface area contributed by atoms with Crippen LogP contribution >= 0.6 is 0 Å². The van der Waals surface area contributed by atoms with Crippen LogP contribution in [-0.2, 0) is 23.8 Å². The van der Waals surface area contributed by atoms with E-state index in [9.17, 15) is 22.0 Å². The van der Waals surface area contributed by atoms with Crippen LogP contribution in [0, 0.1) is 23.5 Å². The van der Waals surface area contributed by atoms with Crippen molar-refractivity contribution < 1.29 is 26.7 Å². The molecular weight excluding hydrogens is 457 g/mol. The molecule has 3 aromatic rings. The van der Waals surface area contributed by atoms with Crippen molar-refractivity contribution >= 4 is 16.9 Å². The summed E-state index contributed by atoms with van der Waals surface area (Å²) >= 11 is 0. The third kappa shape index (κ3) is 4.46. The Morgan fingerprint density at radius 2 is 1.68 bits per heavy atom. The number of ether oxygens (including phenoxy) is 1. The molecule has 0 spiro atoms. The molecule has 182 valence electrons. The smallest absolute Gasteiger partial charge is 0.383 e. The molecule has 6 rings (SSSR count). The van der Waals surface area contributed by atoms with Gasteiger partial charge >= 0.3 is 6.18 Å². The number of alkyl halides is 3. The summed E-state index contributed by atoms with van der Waals surface area (Å²) in [6.07, 6.45) is -0.549. The first-order chi connectivity index (χ1) is 16.2. The van der Waals surface area contributed by atoms with Crippen molar-refractivity contribution in [3.8, 4) is 0 Å². The predicted octanol–water partition coefficient (Wildman–Crippen LogP) is 3.96. The second kappa shape index (κ2) is 8.77. The highest BCUT2D eigenvalue weighted by molar-refractivity contribution is 5.86. The van der Waals surface area contributed by atoms with Crippen molar-refractivity contribution in [2.75, 3.05) is 32.0 Å². The fourth-order valence-corrected chi connectivity index (χ4v) is 5.18. The van der Waals surface area contributed by atoms with Gasteiger partial charge in [-0.1, -0.05) is 0 Å². The standard InChI is InChI=1S/C16H19F2NO.C7H5F3N4/c17-15-4-10-1-2-14(3-11(10)5-16(15)18)19-6-12-8-20-9-13(12)7-19;8-7(9,10)4-1-3-5(11)12-2-13-6(3)14-4/h4-5,12-14H,1-3,6-9H2;1-2H,(H3,11,12,13,14)/t12-,13?,14?;/m0./s1. The summed E-state index contributed by atoms with van der Waals surface area (Å²) in [6.45, 7) is 4.00. The van der Waals surface area contributed by atoms with Crippen LogP contribution in [0.25, 0.3) is 11.0 Å². The zero-order valence-electron chi connectivity index (χ0n) is 18.2. The average molecular weight is 481 g/mol. The molecule has 1 aliphatic carbocycles. The quantitative estimate of drug-likeness (QED) is 0.515. The molecule has 3 N–H and O–H groups in total. The number of aromatic amines is 1. The van der Waals surface area contributed by atoms with Gasteiger partial charge in [0.1, 0.15) is 23.5 Å². The highest BCUT2D eigenvalue weighted by Gasteiger charge is 2.40. The Labute approximate surface area is 192 Å². The van der Waals surface area contributed by atoms with Crippen molar-refractivity contribution in [3.05, 3.63) is 53.0 Å². The topological polar surface area (TPSA) is 80.1 Å². The van der Waals surface area contributed by atoms with Crippen molar-refractivity contribution in [2.24, 2.45) is 11.8 Å². The van der Waals surface area contributed by atoms with Crippen LogP contribution in [0.15, 0.2) is 24.5 Å². The minimum absolute atomic E-state index is 0.0294. The Bertz CT molecular complexity index is 1180. The molecule has 2 saturated heterocycles. The lowest BCUT2D eigenvalue weighted by Crippen LogP contribution is -2.38. The Hall–Kier alpha value is -2.79. The highest BCUT2D eigenvalue weighted by Crippen LogP contribution is 2.35. The van der Waals surface area contributed by atoms with E-state index in [-0.39, 0.29) is 16.9 Å². The Balaban J connectivity index is 0.000000152. The van der Waals surface area contributed by atoms with E-state index >= 15 is 0 Å². The maximum Gasteiger partial charge on any atom is 0.431 e. The second-order valence-electron chi connectivity index (χ2n) is 9.15. The van der Waals surface area contributed by atoms with Gasteiger partial charge in [0.25, 0.3) is 0 Å². The highest BCUT2D eigenvalue weighted by atomic mass is 19.4. The monoisotopic (exact) mass is 481 g/mol. The van der Waals surface area contributed by atoms with Crippen LogP contribution < -0.4 is 5.73 Å². The number of benzene rings is 1. The van der Waals surface area contributed by atoms with E-state index in [0.29, 0.717) is 17.9 Å². The molecule has 2 aromatic heterocycles. The van der Waals surface area contributed by atoms with Crippen LogP contribution in [0.3, 0.4) is 0 Å². The summed E-state index contributed by atoms with van der Waals surface area (Å²) in [4.78, 5) is 11.9. The Kier molecular flexibility index (Phi) is 5.93. The largest absolute Gasteiger partial charge is 0.431 e. The average Bonchev–Trinajstić information content (AvgIpc) is 3.49. The third-order valence-electron chi connectivity index (χ3n) is 6.99. The van der Waals surface area contributed by atoms with Gasteiger partial charge in [-0.25, -0.2) is 18.7 Å². The number of fused-ring (bicyclic) bond motifs is 3. The zero-order chi connectivity index (χ0) is 24.0. The number of anilines is 1. The number of H-pyrrole nitrogens is 1. The molecular formula is C23H24F5N5O. The summed E-state index contributed by atoms with van der Waals surface area (Å²) in [6, 6.07) is 4.16. The predicted molar refractivity (Wildman–Crippen MR) is 115 cm³/mol. The molecule has 1 aromatic carbocycles. The maximum absolute atomic E-state index is 13.4. The Morgan fingerprint density at radius 1 is 1.00 bits per heavy atom. The SMILES string of the molecule is Fc1cc2c(cc1F)CC(N1CC3COC[C@@H]3C1)CC2.Nc1ncnc2[nH]c(C(F)(F)F)cc12. The normalized spacial score (nSPS) is 24.6. The van der Waals surface area contributed by atoms with Gasteiger partial charge in [-0.3, -0.25) is 4.90 Å². The molecule has 2 fully saturated rings. The number of nitrogens with zero attached hydrogens (tertiary/aromatic N) is 3. The molecule has 0 bridgehead atoms. The molecule has 3 aliphatic rings. The number of aromatic nitrogens is 3. The number of nitrogens with one attached hydrogen (secondary N) is 1. The molecule has 11 heteroatoms. The summed E-state index contributed by atoms with van der Waals surface area (Å²) < 4.78 is 68.9. The number of nitrogen functional groups attached to an aromatic ring is 1. The first-order valence-electron chi connectivity index (χ1n) is 11.1. The van der Waals surface area contributed by atoms with Gasteiger partial charge in [0.15, 0.2) is 11.6 Å². The number of rotatable bonds is 1. The summed E-state index contributed by atoms with van der Waals surface area (Å²) in [5.41, 5.74) is 6.57. The number of hydrogen-bond acceptors (Lipinski definition) is 5. The summed E-state index contributed by atoms with van der Waals surface area (Å²) in [5, 5.41) is 0.180. The van der Waals surface area contributed by atoms with Gasteiger partial charge in [-0.05, 0) is 48.6 Å². The van der Waals surface area contributed by atoms with Crippen LogP contribution in [0.1, 0.15) is 23.2 Å². The molecule has 3 atom stereocenters. The second-order valence-corrected chi connectivity index (χ2v) is 9.15. The molecule has 0 amide bonds. The third-order valence-corrected chi connectivity index (χ3v) is 6.99. The molecule has 2 unspecified atom stereocenters. The van der Waals surface area contributed by atoms with Gasteiger partial charge in [0.05, 0.1) is 18.6 Å². The molecule has 34 heavy (non-hydrogen) atoms. The molecule has 2 aliphatic heterocycles. The van der Waals surface area contributed by atoms with Gasteiger partial charge in [-0.15, -0.1) is 0 Å². The summed E-state index contributed by atoms with van der Waals surface area (Å²) in [5.74, 6) is -0.0319. The van der Waals surface area contributed by atoms with Gasteiger partial charge in [0, 0.05) is 31.0 Å². The molecule has 4 heterocycles. The molecule has 0 saturated carbocycles.